The van der Waals surface area contributed by atoms with Gasteiger partial charge in [0, 0.05) is 6.54 Å². The smallest absolute Gasteiger partial charge is 0.407 e. The number of hydrogen-bond acceptors (Lipinski definition) is 3. The van der Waals surface area contributed by atoms with Gasteiger partial charge in [-0.05, 0) is 23.6 Å². The summed E-state index contributed by atoms with van der Waals surface area (Å²) in [6, 6.07) is 13.8. The maximum Gasteiger partial charge on any atom is 0.407 e. The Balaban J connectivity index is 1.72. The van der Waals surface area contributed by atoms with E-state index in [2.05, 4.69) is 5.32 Å². The van der Waals surface area contributed by atoms with Crippen LogP contribution in [0.1, 0.15) is 27.9 Å². The standard InChI is InChI=1S/C19H18FNO3/c20-18-11-6-10-16(17(18)13-22)9-4-5-12-21-19(23)24-14-15-7-2-1-3-8-15/h1-4,6-11,13H,5,12,14H2,(H,21,23). The lowest BCUT2D eigenvalue weighted by atomic mass is 10.1. The first-order chi connectivity index (χ1) is 11.7. The second kappa shape index (κ2) is 9.25. The predicted octanol–water partition coefficient (Wildman–Crippen LogP) is 3.97. The van der Waals surface area contributed by atoms with Crippen molar-refractivity contribution in [1.29, 1.82) is 0 Å². The number of alkyl carbamates (subject to hydrolysis) is 1. The number of ether oxygens (including phenoxy) is 1. The number of nitrogens with one attached hydrogen (secondary N) is 1. The Morgan fingerprint density at radius 2 is 1.92 bits per heavy atom. The van der Waals surface area contributed by atoms with Crippen LogP contribution in [0.5, 0.6) is 0 Å². The highest BCUT2D eigenvalue weighted by Crippen LogP contribution is 2.13. The average molecular weight is 327 g/mol. The third kappa shape index (κ3) is 5.35. The highest BCUT2D eigenvalue weighted by molar-refractivity contribution is 5.82. The maximum absolute atomic E-state index is 13.4. The number of halogens is 1. The summed E-state index contributed by atoms with van der Waals surface area (Å²) in [7, 11) is 0. The van der Waals surface area contributed by atoms with Crippen LogP contribution < -0.4 is 5.32 Å². The summed E-state index contributed by atoms with van der Waals surface area (Å²) in [5.41, 5.74) is 1.46. The van der Waals surface area contributed by atoms with E-state index in [9.17, 15) is 14.0 Å². The van der Waals surface area contributed by atoms with Crippen LogP contribution in [-0.2, 0) is 11.3 Å². The lowest BCUT2D eigenvalue weighted by Gasteiger charge is -2.06. The Morgan fingerprint density at radius 1 is 1.12 bits per heavy atom. The average Bonchev–Trinajstić information content (AvgIpc) is 2.60. The number of hydrogen-bond donors (Lipinski definition) is 1. The SMILES string of the molecule is O=Cc1c(F)cccc1C=CCCNC(=O)OCc1ccccc1. The van der Waals surface area contributed by atoms with Crippen LogP contribution in [0.3, 0.4) is 0 Å². The summed E-state index contributed by atoms with van der Waals surface area (Å²) >= 11 is 0. The van der Waals surface area contributed by atoms with Gasteiger partial charge in [0.05, 0.1) is 5.56 Å². The van der Waals surface area contributed by atoms with E-state index in [-0.39, 0.29) is 12.2 Å². The van der Waals surface area contributed by atoms with Crippen molar-refractivity contribution < 1.29 is 18.7 Å². The van der Waals surface area contributed by atoms with Crippen molar-refractivity contribution in [2.24, 2.45) is 0 Å². The van der Waals surface area contributed by atoms with Crippen LogP contribution >= 0.6 is 0 Å². The zero-order valence-corrected chi connectivity index (χ0v) is 13.1. The summed E-state index contributed by atoms with van der Waals surface area (Å²) < 4.78 is 18.5. The molecule has 0 radical (unpaired) electrons. The lowest BCUT2D eigenvalue weighted by Crippen LogP contribution is -2.24. The molecule has 5 heteroatoms. The van der Waals surface area contributed by atoms with Gasteiger partial charge in [-0.25, -0.2) is 9.18 Å². The number of carbonyl (C=O) groups excluding carboxylic acids is 2. The molecule has 4 nitrogen and oxygen atoms in total. The second-order valence-corrected chi connectivity index (χ2v) is 5.04. The summed E-state index contributed by atoms with van der Waals surface area (Å²) in [6.07, 6.45) is 3.96. The summed E-state index contributed by atoms with van der Waals surface area (Å²) in [5.74, 6) is -0.547. The molecule has 0 unspecified atom stereocenters. The van der Waals surface area contributed by atoms with Gasteiger partial charge in [-0.2, -0.15) is 0 Å². The highest BCUT2D eigenvalue weighted by Gasteiger charge is 2.04. The first-order valence-corrected chi connectivity index (χ1v) is 7.55. The van der Waals surface area contributed by atoms with Crippen molar-refractivity contribution in [1.82, 2.24) is 5.32 Å². The van der Waals surface area contributed by atoms with Gasteiger partial charge >= 0.3 is 6.09 Å². The van der Waals surface area contributed by atoms with E-state index in [1.54, 1.807) is 24.3 Å². The molecular weight excluding hydrogens is 309 g/mol. The molecule has 0 aromatic heterocycles. The van der Waals surface area contributed by atoms with Gasteiger partial charge in [0.1, 0.15) is 12.4 Å². The lowest BCUT2D eigenvalue weighted by molar-refractivity contribution is 0.111. The third-order valence-electron chi connectivity index (χ3n) is 3.29. The van der Waals surface area contributed by atoms with Crippen LogP contribution in [0.2, 0.25) is 0 Å². The minimum absolute atomic E-state index is 0.0315. The molecule has 0 aliphatic carbocycles. The fraction of sp³-hybridized carbons (Fsp3) is 0.158. The molecule has 0 heterocycles. The molecule has 0 spiro atoms. The van der Waals surface area contributed by atoms with Crippen LogP contribution in [0.4, 0.5) is 9.18 Å². The largest absolute Gasteiger partial charge is 0.445 e. The van der Waals surface area contributed by atoms with Crippen molar-refractivity contribution in [2.45, 2.75) is 13.0 Å². The molecule has 2 aromatic rings. The van der Waals surface area contributed by atoms with Crippen molar-refractivity contribution in [3.63, 3.8) is 0 Å². The van der Waals surface area contributed by atoms with Crippen LogP contribution in [-0.4, -0.2) is 18.9 Å². The zero-order chi connectivity index (χ0) is 17.2. The molecule has 0 bridgehead atoms. The first kappa shape index (κ1) is 17.4. The Kier molecular flexibility index (Phi) is 6.71. The van der Waals surface area contributed by atoms with Crippen LogP contribution in [0.15, 0.2) is 54.6 Å². The predicted molar refractivity (Wildman–Crippen MR) is 90.1 cm³/mol. The van der Waals surface area contributed by atoms with Crippen molar-refractivity contribution in [2.75, 3.05) is 6.54 Å². The molecule has 0 aliphatic heterocycles. The van der Waals surface area contributed by atoms with E-state index in [1.165, 1.54) is 6.07 Å². The van der Waals surface area contributed by atoms with E-state index < -0.39 is 11.9 Å². The van der Waals surface area contributed by atoms with Gasteiger partial charge in [-0.1, -0.05) is 54.6 Å². The molecule has 24 heavy (non-hydrogen) atoms. The Hall–Kier alpha value is -2.95. The molecule has 0 saturated carbocycles. The monoisotopic (exact) mass is 327 g/mol. The van der Waals surface area contributed by atoms with Crippen molar-refractivity contribution in [3.8, 4) is 0 Å². The van der Waals surface area contributed by atoms with E-state index in [4.69, 9.17) is 4.74 Å². The topological polar surface area (TPSA) is 55.4 Å². The van der Waals surface area contributed by atoms with Crippen molar-refractivity contribution in [3.05, 3.63) is 77.1 Å². The zero-order valence-electron chi connectivity index (χ0n) is 13.1. The third-order valence-corrected chi connectivity index (χ3v) is 3.29. The molecule has 0 aliphatic rings. The van der Waals surface area contributed by atoms with Gasteiger partial charge < -0.3 is 10.1 Å². The molecule has 124 valence electrons. The van der Waals surface area contributed by atoms with E-state index in [0.717, 1.165) is 5.56 Å². The Labute approximate surface area is 140 Å². The van der Waals surface area contributed by atoms with Crippen LogP contribution in [0.25, 0.3) is 6.08 Å². The molecule has 1 N–H and O–H groups in total. The molecular formula is C19H18FNO3. The number of aldehydes is 1. The molecule has 1 amide bonds. The van der Waals surface area contributed by atoms with Crippen LogP contribution in [0, 0.1) is 5.82 Å². The minimum Gasteiger partial charge on any atom is -0.445 e. The van der Waals surface area contributed by atoms with Gasteiger partial charge in [-0.15, -0.1) is 0 Å². The molecule has 2 aromatic carbocycles. The Morgan fingerprint density at radius 3 is 2.67 bits per heavy atom. The number of amides is 1. The fourth-order valence-electron chi connectivity index (χ4n) is 2.07. The first-order valence-electron chi connectivity index (χ1n) is 7.55. The quantitative estimate of drug-likeness (QED) is 0.618. The van der Waals surface area contributed by atoms with E-state index >= 15 is 0 Å². The number of rotatable bonds is 7. The normalized spacial score (nSPS) is 10.5. The summed E-state index contributed by atoms with van der Waals surface area (Å²) in [4.78, 5) is 22.4. The molecule has 0 saturated heterocycles. The summed E-state index contributed by atoms with van der Waals surface area (Å²) in [5, 5.41) is 2.62. The second-order valence-electron chi connectivity index (χ2n) is 5.04. The maximum atomic E-state index is 13.4. The van der Waals surface area contributed by atoms with E-state index in [0.29, 0.717) is 24.8 Å². The number of benzene rings is 2. The molecule has 0 fully saturated rings. The Bertz CT molecular complexity index is 714. The van der Waals surface area contributed by atoms with Gasteiger partial charge in [0.15, 0.2) is 6.29 Å². The number of carbonyl (C=O) groups is 2. The minimum atomic E-state index is -0.547. The fourth-order valence-corrected chi connectivity index (χ4v) is 2.07. The van der Waals surface area contributed by atoms with Gasteiger partial charge in [0.25, 0.3) is 0 Å². The molecule has 2 rings (SSSR count). The molecule has 0 atom stereocenters. The highest BCUT2D eigenvalue weighted by atomic mass is 19.1. The van der Waals surface area contributed by atoms with Gasteiger partial charge in [0.2, 0.25) is 0 Å². The summed E-state index contributed by atoms with van der Waals surface area (Å²) in [6.45, 7) is 0.602. The van der Waals surface area contributed by atoms with Gasteiger partial charge in [-0.3, -0.25) is 4.79 Å². The van der Waals surface area contributed by atoms with E-state index in [1.807, 2.05) is 30.3 Å². The van der Waals surface area contributed by atoms with Crippen molar-refractivity contribution >= 4 is 18.5 Å².